The number of benzene rings is 1. The fourth-order valence-electron chi connectivity index (χ4n) is 2.52. The van der Waals surface area contributed by atoms with Crippen molar-refractivity contribution in [3.05, 3.63) is 35.9 Å². The van der Waals surface area contributed by atoms with Crippen LogP contribution in [0.2, 0.25) is 0 Å². The summed E-state index contributed by atoms with van der Waals surface area (Å²) in [6.07, 6.45) is 0.970. The van der Waals surface area contributed by atoms with Gasteiger partial charge in [0.15, 0.2) is 0 Å². The van der Waals surface area contributed by atoms with E-state index < -0.39 is 5.97 Å². The van der Waals surface area contributed by atoms with Crippen LogP contribution < -0.4 is 5.32 Å². The summed E-state index contributed by atoms with van der Waals surface area (Å²) >= 11 is 0. The quantitative estimate of drug-likeness (QED) is 0.857. The van der Waals surface area contributed by atoms with E-state index in [1.54, 1.807) is 0 Å². The molecule has 19 heavy (non-hydrogen) atoms. The lowest BCUT2D eigenvalue weighted by Crippen LogP contribution is -2.40. The van der Waals surface area contributed by atoms with Crippen molar-refractivity contribution in [3.63, 3.8) is 0 Å². The summed E-state index contributed by atoms with van der Waals surface area (Å²) in [6.45, 7) is 5.13. The number of carboxylic acid groups (broad SMARTS) is 1. The van der Waals surface area contributed by atoms with Gasteiger partial charge < -0.3 is 10.4 Å². The SMILES string of the molecule is CC1CNCC(C(=O)O)CN1CCc1ccccc1. The van der Waals surface area contributed by atoms with Gasteiger partial charge in [0.25, 0.3) is 0 Å². The summed E-state index contributed by atoms with van der Waals surface area (Å²) < 4.78 is 0. The first kappa shape index (κ1) is 14.0. The van der Waals surface area contributed by atoms with Gasteiger partial charge in [0, 0.05) is 32.2 Å². The molecular formula is C15H22N2O2. The van der Waals surface area contributed by atoms with Crippen molar-refractivity contribution in [1.29, 1.82) is 0 Å². The summed E-state index contributed by atoms with van der Waals surface area (Å²) in [7, 11) is 0. The van der Waals surface area contributed by atoms with Crippen LogP contribution in [-0.4, -0.2) is 48.2 Å². The van der Waals surface area contributed by atoms with E-state index in [9.17, 15) is 9.90 Å². The average molecular weight is 262 g/mol. The first-order chi connectivity index (χ1) is 9.16. The number of carbonyl (C=O) groups is 1. The number of rotatable bonds is 4. The van der Waals surface area contributed by atoms with E-state index in [2.05, 4.69) is 29.3 Å². The van der Waals surface area contributed by atoms with Gasteiger partial charge in [-0.25, -0.2) is 0 Å². The third-order valence-corrected chi connectivity index (χ3v) is 3.79. The van der Waals surface area contributed by atoms with E-state index in [0.29, 0.717) is 19.1 Å². The van der Waals surface area contributed by atoms with E-state index in [-0.39, 0.29) is 5.92 Å². The smallest absolute Gasteiger partial charge is 0.309 e. The van der Waals surface area contributed by atoms with Crippen molar-refractivity contribution in [2.24, 2.45) is 5.92 Å². The second kappa shape index (κ2) is 6.68. The monoisotopic (exact) mass is 262 g/mol. The number of hydrogen-bond acceptors (Lipinski definition) is 3. The fraction of sp³-hybridized carbons (Fsp3) is 0.533. The van der Waals surface area contributed by atoms with Crippen LogP contribution in [0.15, 0.2) is 30.3 Å². The molecule has 1 aromatic carbocycles. The van der Waals surface area contributed by atoms with E-state index in [4.69, 9.17) is 0 Å². The molecule has 0 spiro atoms. The molecule has 0 saturated carbocycles. The van der Waals surface area contributed by atoms with Gasteiger partial charge in [-0.05, 0) is 18.9 Å². The van der Waals surface area contributed by atoms with E-state index >= 15 is 0 Å². The Morgan fingerprint density at radius 2 is 2.11 bits per heavy atom. The summed E-state index contributed by atoms with van der Waals surface area (Å²) in [4.78, 5) is 13.5. The largest absolute Gasteiger partial charge is 0.481 e. The first-order valence-electron chi connectivity index (χ1n) is 6.88. The lowest BCUT2D eigenvalue weighted by atomic mass is 10.1. The van der Waals surface area contributed by atoms with Gasteiger partial charge in [-0.1, -0.05) is 30.3 Å². The van der Waals surface area contributed by atoms with Gasteiger partial charge in [-0.3, -0.25) is 9.69 Å². The molecule has 1 aliphatic rings. The second-order valence-corrected chi connectivity index (χ2v) is 5.27. The molecule has 2 N–H and O–H groups in total. The second-order valence-electron chi connectivity index (χ2n) is 5.27. The maximum atomic E-state index is 11.2. The molecule has 1 heterocycles. The molecule has 0 aromatic heterocycles. The number of carboxylic acids is 1. The molecule has 4 nitrogen and oxygen atoms in total. The summed E-state index contributed by atoms with van der Waals surface area (Å²) in [5.41, 5.74) is 1.30. The zero-order valence-corrected chi connectivity index (χ0v) is 11.4. The van der Waals surface area contributed by atoms with Crippen LogP contribution in [-0.2, 0) is 11.2 Å². The van der Waals surface area contributed by atoms with Crippen molar-refractivity contribution in [2.45, 2.75) is 19.4 Å². The standard InChI is InChI=1S/C15H22N2O2/c1-12-9-16-10-14(15(18)19)11-17(12)8-7-13-5-3-2-4-6-13/h2-6,12,14,16H,7-11H2,1H3,(H,18,19). The molecule has 0 aliphatic carbocycles. The molecule has 2 rings (SSSR count). The Balaban J connectivity index is 1.94. The molecule has 4 heteroatoms. The Hall–Kier alpha value is -1.39. The summed E-state index contributed by atoms with van der Waals surface area (Å²) in [5, 5.41) is 12.4. The highest BCUT2D eigenvalue weighted by molar-refractivity contribution is 5.70. The van der Waals surface area contributed by atoms with Crippen LogP contribution in [0.25, 0.3) is 0 Å². The van der Waals surface area contributed by atoms with Gasteiger partial charge in [0.2, 0.25) is 0 Å². The summed E-state index contributed by atoms with van der Waals surface area (Å²) in [5.74, 6) is -1.01. The molecular weight excluding hydrogens is 240 g/mol. The molecule has 1 fully saturated rings. The van der Waals surface area contributed by atoms with Crippen LogP contribution in [0.1, 0.15) is 12.5 Å². The predicted molar refractivity (Wildman–Crippen MR) is 75.2 cm³/mol. The first-order valence-corrected chi connectivity index (χ1v) is 6.88. The zero-order chi connectivity index (χ0) is 13.7. The molecule has 2 atom stereocenters. The molecule has 104 valence electrons. The molecule has 1 aliphatic heterocycles. The average Bonchev–Trinajstić information content (AvgIpc) is 2.60. The predicted octanol–water partition coefficient (Wildman–Crippen LogP) is 1.22. The Morgan fingerprint density at radius 1 is 1.37 bits per heavy atom. The fourth-order valence-corrected chi connectivity index (χ4v) is 2.52. The van der Waals surface area contributed by atoms with Crippen molar-refractivity contribution in [2.75, 3.05) is 26.2 Å². The van der Waals surface area contributed by atoms with Crippen LogP contribution in [0.5, 0.6) is 0 Å². The normalized spacial score (nSPS) is 24.9. The van der Waals surface area contributed by atoms with Gasteiger partial charge >= 0.3 is 5.97 Å². The lowest BCUT2D eigenvalue weighted by molar-refractivity contribution is -0.142. The van der Waals surface area contributed by atoms with Gasteiger partial charge in [-0.15, -0.1) is 0 Å². The highest BCUT2D eigenvalue weighted by Gasteiger charge is 2.26. The minimum Gasteiger partial charge on any atom is -0.481 e. The van der Waals surface area contributed by atoms with E-state index in [1.807, 2.05) is 18.2 Å². The highest BCUT2D eigenvalue weighted by atomic mass is 16.4. The van der Waals surface area contributed by atoms with Crippen LogP contribution in [0.3, 0.4) is 0 Å². The number of nitrogens with zero attached hydrogens (tertiary/aromatic N) is 1. The molecule has 0 bridgehead atoms. The van der Waals surface area contributed by atoms with Gasteiger partial charge in [-0.2, -0.15) is 0 Å². The van der Waals surface area contributed by atoms with Crippen molar-refractivity contribution in [3.8, 4) is 0 Å². The third-order valence-electron chi connectivity index (χ3n) is 3.79. The number of aliphatic carboxylic acids is 1. The highest BCUT2D eigenvalue weighted by Crippen LogP contribution is 2.11. The number of nitrogens with one attached hydrogen (secondary N) is 1. The maximum Gasteiger partial charge on any atom is 0.309 e. The van der Waals surface area contributed by atoms with Crippen molar-refractivity contribution in [1.82, 2.24) is 10.2 Å². The Morgan fingerprint density at radius 3 is 2.79 bits per heavy atom. The van der Waals surface area contributed by atoms with Crippen LogP contribution in [0.4, 0.5) is 0 Å². The molecule has 1 saturated heterocycles. The molecule has 1 aromatic rings. The van der Waals surface area contributed by atoms with Gasteiger partial charge in [0.05, 0.1) is 5.92 Å². The minimum atomic E-state index is -0.702. The Kier molecular flexibility index (Phi) is 4.93. The van der Waals surface area contributed by atoms with Gasteiger partial charge in [0.1, 0.15) is 0 Å². The van der Waals surface area contributed by atoms with Crippen molar-refractivity contribution >= 4 is 5.97 Å². The minimum absolute atomic E-state index is 0.305. The maximum absolute atomic E-state index is 11.2. The Labute approximate surface area is 114 Å². The zero-order valence-electron chi connectivity index (χ0n) is 11.4. The molecule has 0 amide bonds. The van der Waals surface area contributed by atoms with Crippen LogP contribution in [0, 0.1) is 5.92 Å². The van der Waals surface area contributed by atoms with E-state index in [0.717, 1.165) is 19.5 Å². The third kappa shape index (κ3) is 4.04. The van der Waals surface area contributed by atoms with E-state index in [1.165, 1.54) is 5.56 Å². The summed E-state index contributed by atoms with van der Waals surface area (Å²) in [6, 6.07) is 10.7. The van der Waals surface area contributed by atoms with Crippen molar-refractivity contribution < 1.29 is 9.90 Å². The van der Waals surface area contributed by atoms with Crippen LogP contribution >= 0.6 is 0 Å². The lowest BCUT2D eigenvalue weighted by Gasteiger charge is -2.27. The topological polar surface area (TPSA) is 52.6 Å². The Bertz CT molecular complexity index is 408. The number of hydrogen-bond donors (Lipinski definition) is 2. The molecule has 0 radical (unpaired) electrons. The molecule has 2 unspecified atom stereocenters.